The highest BCUT2D eigenvalue weighted by atomic mass is 19.1. The largest absolute Gasteiger partial charge is 0.370 e. The van der Waals surface area contributed by atoms with E-state index in [4.69, 9.17) is 0 Å². The van der Waals surface area contributed by atoms with E-state index < -0.39 is 0 Å². The van der Waals surface area contributed by atoms with Gasteiger partial charge < -0.3 is 10.6 Å². The average molecular weight is 246 g/mol. The van der Waals surface area contributed by atoms with Gasteiger partial charge in [-0.25, -0.2) is 9.37 Å². The van der Waals surface area contributed by atoms with E-state index in [2.05, 4.69) is 20.6 Å². The molecule has 0 saturated carbocycles. The molecule has 0 atom stereocenters. The van der Waals surface area contributed by atoms with E-state index in [1.165, 1.54) is 6.07 Å². The van der Waals surface area contributed by atoms with Crippen molar-refractivity contribution in [2.75, 3.05) is 24.2 Å². The minimum atomic E-state index is -0.169. The van der Waals surface area contributed by atoms with Crippen molar-refractivity contribution in [1.29, 1.82) is 0 Å². The number of halogens is 1. The van der Waals surface area contributed by atoms with Crippen molar-refractivity contribution in [2.45, 2.75) is 6.42 Å². The maximum absolute atomic E-state index is 13.4. The SMILES string of the molecule is CNc1nccc(NCCc2ccccc2F)n1. The van der Waals surface area contributed by atoms with Crippen LogP contribution in [0.15, 0.2) is 36.5 Å². The van der Waals surface area contributed by atoms with Crippen molar-refractivity contribution in [3.8, 4) is 0 Å². The molecule has 18 heavy (non-hydrogen) atoms. The molecule has 4 nitrogen and oxygen atoms in total. The lowest BCUT2D eigenvalue weighted by molar-refractivity contribution is 0.610. The molecule has 1 heterocycles. The summed E-state index contributed by atoms with van der Waals surface area (Å²) < 4.78 is 13.4. The number of nitrogens with zero attached hydrogens (tertiary/aromatic N) is 2. The van der Waals surface area contributed by atoms with Crippen LogP contribution in [0, 0.1) is 5.82 Å². The maximum Gasteiger partial charge on any atom is 0.224 e. The van der Waals surface area contributed by atoms with Crippen molar-refractivity contribution in [1.82, 2.24) is 9.97 Å². The summed E-state index contributed by atoms with van der Waals surface area (Å²) in [5.74, 6) is 1.12. The Bertz CT molecular complexity index is 516. The standard InChI is InChI=1S/C13H15FN4/c1-15-13-17-9-7-12(18-13)16-8-6-10-4-2-3-5-11(10)14/h2-5,7,9H,6,8H2,1H3,(H2,15,16,17,18). The maximum atomic E-state index is 13.4. The van der Waals surface area contributed by atoms with Gasteiger partial charge in [0.1, 0.15) is 11.6 Å². The lowest BCUT2D eigenvalue weighted by atomic mass is 10.1. The number of hydrogen-bond acceptors (Lipinski definition) is 4. The molecule has 0 radical (unpaired) electrons. The molecular formula is C13H15FN4. The van der Waals surface area contributed by atoms with E-state index in [1.807, 2.05) is 6.07 Å². The van der Waals surface area contributed by atoms with Crippen LogP contribution in [0.25, 0.3) is 0 Å². The number of benzene rings is 1. The molecule has 0 unspecified atom stereocenters. The van der Waals surface area contributed by atoms with E-state index in [0.29, 0.717) is 24.5 Å². The first-order chi connectivity index (χ1) is 8.79. The van der Waals surface area contributed by atoms with Crippen LogP contribution >= 0.6 is 0 Å². The predicted octanol–water partition coefficient (Wildman–Crippen LogP) is 2.31. The third-order valence-corrected chi connectivity index (χ3v) is 2.54. The van der Waals surface area contributed by atoms with Gasteiger partial charge in [0.2, 0.25) is 5.95 Å². The van der Waals surface area contributed by atoms with Gasteiger partial charge in [-0.1, -0.05) is 18.2 Å². The molecule has 0 saturated heterocycles. The van der Waals surface area contributed by atoms with Gasteiger partial charge in [-0.15, -0.1) is 0 Å². The highest BCUT2D eigenvalue weighted by Gasteiger charge is 2.01. The van der Waals surface area contributed by atoms with Gasteiger partial charge in [0.15, 0.2) is 0 Å². The topological polar surface area (TPSA) is 49.8 Å². The summed E-state index contributed by atoms with van der Waals surface area (Å²) in [7, 11) is 1.76. The van der Waals surface area contributed by atoms with Crippen LogP contribution in [-0.2, 0) is 6.42 Å². The summed E-state index contributed by atoms with van der Waals surface area (Å²) in [4.78, 5) is 8.23. The van der Waals surface area contributed by atoms with Crippen LogP contribution < -0.4 is 10.6 Å². The monoisotopic (exact) mass is 246 g/mol. The molecule has 2 N–H and O–H groups in total. The Balaban J connectivity index is 1.90. The number of aromatic nitrogens is 2. The predicted molar refractivity (Wildman–Crippen MR) is 70.2 cm³/mol. The zero-order valence-electron chi connectivity index (χ0n) is 10.2. The normalized spacial score (nSPS) is 10.1. The number of hydrogen-bond donors (Lipinski definition) is 2. The molecule has 0 fully saturated rings. The third-order valence-electron chi connectivity index (χ3n) is 2.54. The lowest BCUT2D eigenvalue weighted by Gasteiger charge is -2.07. The van der Waals surface area contributed by atoms with Gasteiger partial charge in [0.05, 0.1) is 0 Å². The highest BCUT2D eigenvalue weighted by molar-refractivity contribution is 5.39. The lowest BCUT2D eigenvalue weighted by Crippen LogP contribution is -2.08. The number of rotatable bonds is 5. The molecule has 0 aliphatic carbocycles. The summed E-state index contributed by atoms with van der Waals surface area (Å²) in [6, 6.07) is 8.56. The van der Waals surface area contributed by atoms with Crippen molar-refractivity contribution >= 4 is 11.8 Å². The summed E-state index contributed by atoms with van der Waals surface area (Å²) >= 11 is 0. The van der Waals surface area contributed by atoms with Crippen molar-refractivity contribution < 1.29 is 4.39 Å². The fraction of sp³-hybridized carbons (Fsp3) is 0.231. The van der Waals surface area contributed by atoms with E-state index >= 15 is 0 Å². The zero-order chi connectivity index (χ0) is 12.8. The van der Waals surface area contributed by atoms with Crippen LogP contribution in [0.4, 0.5) is 16.2 Å². The fourth-order valence-corrected chi connectivity index (χ4v) is 1.60. The van der Waals surface area contributed by atoms with Gasteiger partial charge in [0, 0.05) is 19.8 Å². The third kappa shape index (κ3) is 3.16. The van der Waals surface area contributed by atoms with Crippen LogP contribution in [0.1, 0.15) is 5.56 Å². The summed E-state index contributed by atoms with van der Waals surface area (Å²) in [5, 5.41) is 6.00. The molecule has 0 spiro atoms. The Kier molecular flexibility index (Phi) is 4.06. The molecule has 2 aromatic rings. The molecule has 0 aliphatic heterocycles. The van der Waals surface area contributed by atoms with Crippen LogP contribution in [-0.4, -0.2) is 23.6 Å². The first-order valence-electron chi connectivity index (χ1n) is 5.77. The van der Waals surface area contributed by atoms with E-state index in [0.717, 1.165) is 5.82 Å². The highest BCUT2D eigenvalue weighted by Crippen LogP contribution is 2.08. The number of anilines is 2. The summed E-state index contributed by atoms with van der Waals surface area (Å²) in [6.45, 7) is 0.626. The fourth-order valence-electron chi connectivity index (χ4n) is 1.60. The first kappa shape index (κ1) is 12.3. The van der Waals surface area contributed by atoms with Crippen molar-refractivity contribution in [3.63, 3.8) is 0 Å². The minimum absolute atomic E-state index is 0.169. The van der Waals surface area contributed by atoms with Crippen LogP contribution in [0.5, 0.6) is 0 Å². The van der Waals surface area contributed by atoms with E-state index in [1.54, 1.807) is 31.4 Å². The second kappa shape index (κ2) is 5.95. The van der Waals surface area contributed by atoms with Gasteiger partial charge in [-0.2, -0.15) is 4.98 Å². The zero-order valence-corrected chi connectivity index (χ0v) is 10.2. The molecule has 94 valence electrons. The number of nitrogens with one attached hydrogen (secondary N) is 2. The summed E-state index contributed by atoms with van der Waals surface area (Å²) in [6.07, 6.45) is 2.29. The van der Waals surface area contributed by atoms with Crippen LogP contribution in [0.3, 0.4) is 0 Å². The molecule has 2 rings (SSSR count). The van der Waals surface area contributed by atoms with Gasteiger partial charge in [-0.3, -0.25) is 0 Å². The molecule has 5 heteroatoms. The van der Waals surface area contributed by atoms with E-state index in [9.17, 15) is 4.39 Å². The molecular weight excluding hydrogens is 231 g/mol. The Labute approximate surface area is 105 Å². The Morgan fingerprint density at radius 1 is 1.22 bits per heavy atom. The molecule has 0 bridgehead atoms. The molecule has 1 aromatic carbocycles. The Morgan fingerprint density at radius 3 is 2.83 bits per heavy atom. The average Bonchev–Trinajstić information content (AvgIpc) is 2.41. The van der Waals surface area contributed by atoms with Gasteiger partial charge in [0.25, 0.3) is 0 Å². The van der Waals surface area contributed by atoms with Crippen LogP contribution in [0.2, 0.25) is 0 Å². The molecule has 1 aromatic heterocycles. The minimum Gasteiger partial charge on any atom is -0.370 e. The molecule has 0 aliphatic rings. The smallest absolute Gasteiger partial charge is 0.224 e. The second-order valence-corrected chi connectivity index (χ2v) is 3.78. The Morgan fingerprint density at radius 2 is 2.06 bits per heavy atom. The van der Waals surface area contributed by atoms with Gasteiger partial charge in [-0.05, 0) is 24.1 Å². The van der Waals surface area contributed by atoms with Crippen molar-refractivity contribution in [3.05, 3.63) is 47.9 Å². The van der Waals surface area contributed by atoms with Crippen molar-refractivity contribution in [2.24, 2.45) is 0 Å². The Hall–Kier alpha value is -2.17. The quantitative estimate of drug-likeness (QED) is 0.850. The first-order valence-corrected chi connectivity index (χ1v) is 5.77. The summed E-state index contributed by atoms with van der Waals surface area (Å²) in [5.41, 5.74) is 0.702. The molecule has 0 amide bonds. The van der Waals surface area contributed by atoms with E-state index in [-0.39, 0.29) is 5.82 Å². The van der Waals surface area contributed by atoms with Gasteiger partial charge >= 0.3 is 0 Å². The second-order valence-electron chi connectivity index (χ2n) is 3.78.